The molecular weight excluding hydrogens is 256 g/mol. The van der Waals surface area contributed by atoms with Crippen LogP contribution in [0, 0.1) is 5.92 Å². The fraction of sp³-hybridized carbons (Fsp3) is 0.625. The summed E-state index contributed by atoms with van der Waals surface area (Å²) in [5.41, 5.74) is 7.32. The van der Waals surface area contributed by atoms with Gasteiger partial charge in [0, 0.05) is 17.6 Å². The Morgan fingerprint density at radius 1 is 1.32 bits per heavy atom. The summed E-state index contributed by atoms with van der Waals surface area (Å²) >= 11 is 6.06. The minimum Gasteiger partial charge on any atom is -0.328 e. The first-order chi connectivity index (χ1) is 9.06. The van der Waals surface area contributed by atoms with Gasteiger partial charge >= 0.3 is 0 Å². The highest BCUT2D eigenvalue weighted by Gasteiger charge is 2.22. The Morgan fingerprint density at radius 3 is 2.58 bits per heavy atom. The fourth-order valence-corrected chi connectivity index (χ4v) is 3.17. The number of halogens is 1. The Kier molecular flexibility index (Phi) is 5.26. The van der Waals surface area contributed by atoms with Crippen molar-refractivity contribution in [2.24, 2.45) is 11.7 Å². The molecule has 0 aliphatic carbocycles. The van der Waals surface area contributed by atoms with Crippen molar-refractivity contribution in [2.75, 3.05) is 19.6 Å². The third kappa shape index (κ3) is 4.20. The molecule has 1 fully saturated rings. The van der Waals surface area contributed by atoms with Crippen LogP contribution in [0.3, 0.4) is 0 Å². The van der Waals surface area contributed by atoms with E-state index in [2.05, 4.69) is 30.9 Å². The Bertz CT molecular complexity index is 397. The van der Waals surface area contributed by atoms with Gasteiger partial charge in [-0.25, -0.2) is 0 Å². The highest BCUT2D eigenvalue weighted by molar-refractivity contribution is 6.30. The van der Waals surface area contributed by atoms with Gasteiger partial charge in [0.15, 0.2) is 0 Å². The maximum atomic E-state index is 6.06. The van der Waals surface area contributed by atoms with Crippen LogP contribution >= 0.6 is 11.6 Å². The molecule has 106 valence electrons. The van der Waals surface area contributed by atoms with E-state index in [9.17, 15) is 0 Å². The number of nitrogens with two attached hydrogens (primary N) is 1. The molecule has 0 radical (unpaired) electrons. The molecule has 2 N–H and O–H groups in total. The number of rotatable bonds is 4. The molecule has 19 heavy (non-hydrogen) atoms. The Balaban J connectivity index is 1.85. The van der Waals surface area contributed by atoms with Crippen LogP contribution < -0.4 is 5.73 Å². The van der Waals surface area contributed by atoms with Gasteiger partial charge in [-0.2, -0.15) is 0 Å². The van der Waals surface area contributed by atoms with Crippen LogP contribution in [0.2, 0.25) is 5.02 Å². The van der Waals surface area contributed by atoms with Crippen molar-refractivity contribution in [3.8, 4) is 0 Å². The van der Waals surface area contributed by atoms with Gasteiger partial charge < -0.3 is 10.6 Å². The Hall–Kier alpha value is -0.570. The van der Waals surface area contributed by atoms with E-state index < -0.39 is 0 Å². The fourth-order valence-electron chi connectivity index (χ4n) is 2.97. The second-order valence-electron chi connectivity index (χ2n) is 5.95. The van der Waals surface area contributed by atoms with Crippen molar-refractivity contribution in [3.05, 3.63) is 34.9 Å². The third-order valence-electron chi connectivity index (χ3n) is 4.33. The predicted molar refractivity (Wildman–Crippen MR) is 82.7 cm³/mol. The summed E-state index contributed by atoms with van der Waals surface area (Å²) in [6.45, 7) is 7.89. The van der Waals surface area contributed by atoms with Crippen LogP contribution in [0.15, 0.2) is 24.3 Å². The molecule has 2 nitrogen and oxygen atoms in total. The first-order valence-corrected chi connectivity index (χ1v) is 7.67. The molecule has 1 heterocycles. The predicted octanol–water partition coefficient (Wildman–Crippen LogP) is 3.50. The smallest absolute Gasteiger partial charge is 0.0408 e. The van der Waals surface area contributed by atoms with Gasteiger partial charge in [-0.05, 0) is 62.4 Å². The van der Waals surface area contributed by atoms with Crippen molar-refractivity contribution in [1.82, 2.24) is 4.90 Å². The van der Waals surface area contributed by atoms with Crippen LogP contribution in [0.1, 0.15) is 38.2 Å². The molecule has 2 atom stereocenters. The normalized spacial score (nSPS) is 21.3. The van der Waals surface area contributed by atoms with E-state index in [-0.39, 0.29) is 0 Å². The first-order valence-electron chi connectivity index (χ1n) is 7.29. The van der Waals surface area contributed by atoms with Gasteiger partial charge in [-0.1, -0.05) is 30.7 Å². The SMILES string of the molecule is CC(CN1CCC(C(C)N)CC1)c1cccc(Cl)c1. The molecule has 2 unspecified atom stereocenters. The molecule has 0 amide bonds. The summed E-state index contributed by atoms with van der Waals surface area (Å²) in [4.78, 5) is 2.56. The number of benzene rings is 1. The second kappa shape index (κ2) is 6.74. The lowest BCUT2D eigenvalue weighted by atomic mass is 9.90. The molecule has 3 heteroatoms. The van der Waals surface area contributed by atoms with Crippen LogP contribution in [0.4, 0.5) is 0 Å². The van der Waals surface area contributed by atoms with E-state index in [1.165, 1.54) is 31.5 Å². The van der Waals surface area contributed by atoms with Gasteiger partial charge in [0.1, 0.15) is 0 Å². The maximum Gasteiger partial charge on any atom is 0.0408 e. The van der Waals surface area contributed by atoms with Gasteiger partial charge in [-0.15, -0.1) is 0 Å². The van der Waals surface area contributed by atoms with E-state index >= 15 is 0 Å². The highest BCUT2D eigenvalue weighted by atomic mass is 35.5. The topological polar surface area (TPSA) is 29.3 Å². The van der Waals surface area contributed by atoms with Crippen molar-refractivity contribution in [1.29, 1.82) is 0 Å². The first kappa shape index (κ1) is 14.8. The monoisotopic (exact) mass is 280 g/mol. The standard InChI is InChI=1S/C16H25ClN2/c1-12(15-4-3-5-16(17)10-15)11-19-8-6-14(7-9-19)13(2)18/h3-5,10,12-14H,6-9,11,18H2,1-2H3. The van der Waals surface area contributed by atoms with Crippen LogP contribution in [0.5, 0.6) is 0 Å². The van der Waals surface area contributed by atoms with E-state index in [1.807, 2.05) is 12.1 Å². The molecule has 0 aromatic heterocycles. The van der Waals surface area contributed by atoms with E-state index in [0.717, 1.165) is 11.6 Å². The average molecular weight is 281 g/mol. The van der Waals surface area contributed by atoms with Gasteiger partial charge in [0.05, 0.1) is 0 Å². The van der Waals surface area contributed by atoms with Crippen LogP contribution in [-0.2, 0) is 0 Å². The number of hydrogen-bond donors (Lipinski definition) is 1. The summed E-state index contributed by atoms with van der Waals surface area (Å²) in [5.74, 6) is 1.24. The minimum atomic E-state index is 0.340. The van der Waals surface area contributed by atoms with Crippen molar-refractivity contribution < 1.29 is 0 Å². The summed E-state index contributed by atoms with van der Waals surface area (Å²) in [5, 5.41) is 0.833. The van der Waals surface area contributed by atoms with Crippen molar-refractivity contribution in [2.45, 2.75) is 38.6 Å². The molecule has 2 rings (SSSR count). The van der Waals surface area contributed by atoms with E-state index in [0.29, 0.717) is 17.9 Å². The maximum absolute atomic E-state index is 6.06. The molecule has 1 aromatic rings. The van der Waals surface area contributed by atoms with Gasteiger partial charge in [0.2, 0.25) is 0 Å². The molecule has 1 saturated heterocycles. The molecule has 0 spiro atoms. The largest absolute Gasteiger partial charge is 0.328 e. The van der Waals surface area contributed by atoms with E-state index in [4.69, 9.17) is 17.3 Å². The summed E-state index contributed by atoms with van der Waals surface area (Å²) in [7, 11) is 0. The van der Waals surface area contributed by atoms with E-state index in [1.54, 1.807) is 0 Å². The summed E-state index contributed by atoms with van der Waals surface area (Å²) in [6, 6.07) is 8.57. The van der Waals surface area contributed by atoms with Crippen LogP contribution in [0.25, 0.3) is 0 Å². The Labute approximate surface area is 121 Å². The van der Waals surface area contributed by atoms with Crippen molar-refractivity contribution >= 4 is 11.6 Å². The number of likely N-dealkylation sites (tertiary alicyclic amines) is 1. The molecule has 1 aromatic carbocycles. The lowest BCUT2D eigenvalue weighted by Crippen LogP contribution is -2.40. The summed E-state index contributed by atoms with van der Waals surface area (Å²) < 4.78 is 0. The zero-order valence-corrected chi connectivity index (χ0v) is 12.7. The second-order valence-corrected chi connectivity index (χ2v) is 6.39. The number of hydrogen-bond acceptors (Lipinski definition) is 2. The van der Waals surface area contributed by atoms with Crippen LogP contribution in [-0.4, -0.2) is 30.6 Å². The number of piperidine rings is 1. The number of nitrogens with zero attached hydrogens (tertiary/aromatic N) is 1. The Morgan fingerprint density at radius 2 is 2.00 bits per heavy atom. The third-order valence-corrected chi connectivity index (χ3v) is 4.56. The lowest BCUT2D eigenvalue weighted by Gasteiger charge is -2.35. The average Bonchev–Trinajstić information content (AvgIpc) is 2.39. The molecule has 0 bridgehead atoms. The molecule has 0 saturated carbocycles. The van der Waals surface area contributed by atoms with Gasteiger partial charge in [0.25, 0.3) is 0 Å². The highest BCUT2D eigenvalue weighted by Crippen LogP contribution is 2.24. The zero-order chi connectivity index (χ0) is 13.8. The zero-order valence-electron chi connectivity index (χ0n) is 12.0. The lowest BCUT2D eigenvalue weighted by molar-refractivity contribution is 0.166. The molecule has 1 aliphatic heterocycles. The van der Waals surface area contributed by atoms with Gasteiger partial charge in [-0.3, -0.25) is 0 Å². The summed E-state index contributed by atoms with van der Waals surface area (Å²) in [6.07, 6.45) is 2.47. The molecular formula is C16H25ClN2. The minimum absolute atomic E-state index is 0.340. The van der Waals surface area contributed by atoms with Crippen molar-refractivity contribution in [3.63, 3.8) is 0 Å². The quantitative estimate of drug-likeness (QED) is 0.915. The molecule has 1 aliphatic rings.